The molecule has 0 saturated heterocycles. The van der Waals surface area contributed by atoms with Crippen LogP contribution in [0.1, 0.15) is 45.6 Å². The third-order valence-corrected chi connectivity index (χ3v) is 6.24. The van der Waals surface area contributed by atoms with E-state index in [0.717, 1.165) is 40.2 Å². The van der Waals surface area contributed by atoms with E-state index in [-0.39, 0.29) is 12.2 Å². The van der Waals surface area contributed by atoms with Gasteiger partial charge in [0.25, 0.3) is 0 Å². The van der Waals surface area contributed by atoms with Gasteiger partial charge in [-0.25, -0.2) is 9.36 Å². The van der Waals surface area contributed by atoms with Crippen molar-refractivity contribution < 1.29 is 9.53 Å². The summed E-state index contributed by atoms with van der Waals surface area (Å²) in [5, 5.41) is 2.06. The molecule has 28 heavy (non-hydrogen) atoms. The van der Waals surface area contributed by atoms with Gasteiger partial charge in [-0.3, -0.25) is 0 Å². The number of hydrogen-bond donors (Lipinski definition) is 0. The number of ether oxygens (including phenoxy) is 1. The van der Waals surface area contributed by atoms with Crippen molar-refractivity contribution in [2.45, 2.75) is 46.1 Å². The molecule has 0 radical (unpaired) electrons. The van der Waals surface area contributed by atoms with Crippen LogP contribution in [0.25, 0.3) is 21.8 Å². The lowest BCUT2D eigenvalue weighted by atomic mass is 9.75. The third kappa shape index (κ3) is 3.18. The molecule has 4 rings (SSSR count). The second-order valence-electron chi connectivity index (χ2n) is 8.48. The van der Waals surface area contributed by atoms with Crippen molar-refractivity contribution in [2.75, 3.05) is 0 Å². The molecule has 0 spiro atoms. The van der Waals surface area contributed by atoms with Crippen molar-refractivity contribution in [2.24, 2.45) is 17.8 Å². The van der Waals surface area contributed by atoms with Crippen LogP contribution in [0.3, 0.4) is 0 Å². The van der Waals surface area contributed by atoms with Crippen LogP contribution in [0, 0.1) is 30.1 Å². The van der Waals surface area contributed by atoms with Crippen LogP contribution in [0.2, 0.25) is 0 Å². The number of carbonyl (C=O) groups excluding carboxylic acids is 1. The largest absolute Gasteiger partial charge is 0.445 e. The molecule has 0 aliphatic heterocycles. The molecule has 1 heterocycles. The van der Waals surface area contributed by atoms with Crippen LogP contribution in [-0.2, 0) is 4.74 Å². The Morgan fingerprint density at radius 1 is 1.14 bits per heavy atom. The second-order valence-corrected chi connectivity index (χ2v) is 8.48. The van der Waals surface area contributed by atoms with Gasteiger partial charge in [0.15, 0.2) is 0 Å². The highest BCUT2D eigenvalue weighted by Crippen LogP contribution is 2.36. The van der Waals surface area contributed by atoms with Crippen LogP contribution in [0.5, 0.6) is 0 Å². The van der Waals surface area contributed by atoms with Gasteiger partial charge >= 0.3 is 6.09 Å². The van der Waals surface area contributed by atoms with Gasteiger partial charge in [-0.05, 0) is 48.8 Å². The fourth-order valence-corrected chi connectivity index (χ4v) is 4.69. The molecule has 1 fully saturated rings. The van der Waals surface area contributed by atoms with Crippen molar-refractivity contribution in [3.63, 3.8) is 0 Å². The fourth-order valence-electron chi connectivity index (χ4n) is 4.69. The Labute approximate surface area is 166 Å². The van der Waals surface area contributed by atoms with Crippen molar-refractivity contribution in [1.82, 2.24) is 4.57 Å². The predicted molar refractivity (Wildman–Crippen MR) is 114 cm³/mol. The Hall–Kier alpha value is -2.73. The molecule has 1 aromatic heterocycles. The summed E-state index contributed by atoms with van der Waals surface area (Å²) in [6.45, 7) is 6.69. The average Bonchev–Trinajstić information content (AvgIpc) is 3.01. The van der Waals surface area contributed by atoms with Gasteiger partial charge in [-0.2, -0.15) is 0 Å². The Balaban J connectivity index is 1.78. The Morgan fingerprint density at radius 2 is 1.89 bits per heavy atom. The summed E-state index contributed by atoms with van der Waals surface area (Å²) in [6.07, 6.45) is 8.52. The summed E-state index contributed by atoms with van der Waals surface area (Å²) in [5.74, 6) is 4.16. The molecule has 2 aromatic carbocycles. The summed E-state index contributed by atoms with van der Waals surface area (Å²) in [4.78, 5) is 13.4. The standard InChI is InChI=1S/C25H27NO2/c1-5-18-11-13-21-20-8-6-7-9-22(20)26(23(21)15-18)25(27)28-24-14-17(4)10-12-19(24)16(2)3/h1,6-9,11,13,15-17,19,24H,10,12,14H2,2-4H3/t17-,19+,24-/m1/s1. The van der Waals surface area contributed by atoms with Crippen LogP contribution in [0.15, 0.2) is 42.5 Å². The molecule has 3 aromatic rings. The molecule has 1 aliphatic carbocycles. The van der Waals surface area contributed by atoms with Crippen LogP contribution in [-0.4, -0.2) is 16.8 Å². The molecular weight excluding hydrogens is 346 g/mol. The normalized spacial score (nSPS) is 22.5. The van der Waals surface area contributed by atoms with Gasteiger partial charge in [-0.15, -0.1) is 6.42 Å². The van der Waals surface area contributed by atoms with E-state index in [0.29, 0.717) is 17.8 Å². The van der Waals surface area contributed by atoms with Crippen LogP contribution >= 0.6 is 0 Å². The summed E-state index contributed by atoms with van der Waals surface area (Å²) < 4.78 is 7.84. The molecule has 3 atom stereocenters. The summed E-state index contributed by atoms with van der Waals surface area (Å²) in [5.41, 5.74) is 2.43. The molecule has 3 heteroatoms. The first-order valence-corrected chi connectivity index (χ1v) is 10.2. The van der Waals surface area contributed by atoms with E-state index >= 15 is 0 Å². The van der Waals surface area contributed by atoms with Crippen LogP contribution in [0.4, 0.5) is 4.79 Å². The van der Waals surface area contributed by atoms with Crippen LogP contribution < -0.4 is 0 Å². The minimum atomic E-state index is -0.301. The second kappa shape index (κ2) is 7.36. The highest BCUT2D eigenvalue weighted by Gasteiger charge is 2.34. The van der Waals surface area contributed by atoms with Gasteiger partial charge in [0.2, 0.25) is 0 Å². The van der Waals surface area contributed by atoms with Gasteiger partial charge < -0.3 is 4.74 Å². The number of fused-ring (bicyclic) bond motifs is 3. The number of nitrogens with zero attached hydrogens (tertiary/aromatic N) is 1. The van der Waals surface area contributed by atoms with E-state index in [9.17, 15) is 4.79 Å². The third-order valence-electron chi connectivity index (χ3n) is 6.24. The number of aromatic nitrogens is 1. The maximum atomic E-state index is 13.4. The minimum Gasteiger partial charge on any atom is -0.445 e. The maximum Gasteiger partial charge on any atom is 0.419 e. The van der Waals surface area contributed by atoms with Crippen molar-refractivity contribution in [3.05, 3.63) is 48.0 Å². The predicted octanol–water partition coefficient (Wildman–Crippen LogP) is 6.22. The van der Waals surface area contributed by atoms with E-state index < -0.39 is 0 Å². The lowest BCUT2D eigenvalue weighted by molar-refractivity contribution is 0.00759. The lowest BCUT2D eigenvalue weighted by Gasteiger charge is -2.36. The smallest absolute Gasteiger partial charge is 0.419 e. The average molecular weight is 373 g/mol. The molecule has 1 saturated carbocycles. The molecule has 1 aliphatic rings. The first-order valence-electron chi connectivity index (χ1n) is 10.2. The van der Waals surface area contributed by atoms with Gasteiger partial charge in [0.1, 0.15) is 6.10 Å². The number of terminal acetylenes is 1. The summed E-state index contributed by atoms with van der Waals surface area (Å²) in [6, 6.07) is 13.8. The summed E-state index contributed by atoms with van der Waals surface area (Å²) in [7, 11) is 0. The number of carbonyl (C=O) groups is 1. The molecule has 0 unspecified atom stereocenters. The SMILES string of the molecule is C#Cc1ccc2c3ccccc3n(C(=O)O[C@@H]3C[C@H](C)CC[C@H]3C(C)C)c2c1. The van der Waals surface area contributed by atoms with E-state index in [2.05, 4.69) is 26.7 Å². The highest BCUT2D eigenvalue weighted by molar-refractivity contribution is 6.12. The zero-order valence-corrected chi connectivity index (χ0v) is 16.8. The molecule has 144 valence electrons. The van der Waals surface area contributed by atoms with E-state index in [1.54, 1.807) is 4.57 Å². The topological polar surface area (TPSA) is 31.2 Å². The molecule has 0 N–H and O–H groups in total. The fraction of sp³-hybridized carbons (Fsp3) is 0.400. The van der Waals surface area contributed by atoms with E-state index in [1.807, 2.05) is 42.5 Å². The van der Waals surface area contributed by atoms with Gasteiger partial charge in [0.05, 0.1) is 11.0 Å². The minimum absolute atomic E-state index is 0.0386. The summed E-state index contributed by atoms with van der Waals surface area (Å²) >= 11 is 0. The zero-order valence-electron chi connectivity index (χ0n) is 16.8. The molecule has 3 nitrogen and oxygen atoms in total. The Morgan fingerprint density at radius 3 is 2.64 bits per heavy atom. The number of benzene rings is 2. The quantitative estimate of drug-likeness (QED) is 0.499. The molecule has 0 bridgehead atoms. The zero-order chi connectivity index (χ0) is 19.8. The van der Waals surface area contributed by atoms with Gasteiger partial charge in [-0.1, -0.05) is 57.4 Å². The van der Waals surface area contributed by atoms with Gasteiger partial charge in [0, 0.05) is 16.3 Å². The number of para-hydroxylation sites is 1. The Bertz CT molecular complexity index is 1070. The Kier molecular flexibility index (Phi) is 4.89. The van der Waals surface area contributed by atoms with Crippen molar-refractivity contribution in [3.8, 4) is 12.3 Å². The first kappa shape index (κ1) is 18.6. The van der Waals surface area contributed by atoms with Crippen molar-refractivity contribution >= 4 is 27.9 Å². The molecule has 0 amide bonds. The maximum absolute atomic E-state index is 13.4. The first-order chi connectivity index (χ1) is 13.5. The monoisotopic (exact) mass is 373 g/mol. The van der Waals surface area contributed by atoms with E-state index in [1.165, 1.54) is 6.42 Å². The van der Waals surface area contributed by atoms with Crippen molar-refractivity contribution in [1.29, 1.82) is 0 Å². The number of hydrogen-bond acceptors (Lipinski definition) is 2. The van der Waals surface area contributed by atoms with E-state index in [4.69, 9.17) is 11.2 Å². The number of rotatable bonds is 2. The molecular formula is C25H27NO2. The highest BCUT2D eigenvalue weighted by atomic mass is 16.6. The lowest BCUT2D eigenvalue weighted by Crippen LogP contribution is -2.36.